The van der Waals surface area contributed by atoms with E-state index in [-0.39, 0.29) is 24.4 Å². The second-order valence-electron chi connectivity index (χ2n) is 11.7. The first kappa shape index (κ1) is 28.8. The van der Waals surface area contributed by atoms with Gasteiger partial charge in [-0.05, 0) is 49.0 Å². The van der Waals surface area contributed by atoms with Crippen molar-refractivity contribution in [2.45, 2.75) is 130 Å². The molecule has 0 spiro atoms. The Bertz CT molecular complexity index is 676. The summed E-state index contributed by atoms with van der Waals surface area (Å²) in [5, 5.41) is 0. The number of allylic oxidation sites excluding steroid dienone is 2. The lowest BCUT2D eigenvalue weighted by atomic mass is 10.0. The largest absolute Gasteiger partial charge is 0.414 e. The molecule has 0 N–H and O–H groups in total. The Labute approximate surface area is 206 Å². The molecular formula is C26H51NO4Si2. The monoisotopic (exact) mass is 497 g/mol. The predicted octanol–water partition coefficient (Wildman–Crippen LogP) is 7.10. The van der Waals surface area contributed by atoms with Gasteiger partial charge in [0.15, 0.2) is 0 Å². The van der Waals surface area contributed by atoms with Gasteiger partial charge in [-0.2, -0.15) is 0 Å². The van der Waals surface area contributed by atoms with Crippen molar-refractivity contribution in [1.29, 1.82) is 0 Å². The van der Waals surface area contributed by atoms with Crippen molar-refractivity contribution >= 4 is 17.1 Å². The highest BCUT2D eigenvalue weighted by molar-refractivity contribution is 6.83. The lowest BCUT2D eigenvalue weighted by Crippen LogP contribution is -2.65. The zero-order valence-electron chi connectivity index (χ0n) is 23.3. The standard InChI is InChI=1S/C26H51NO4Si2/c1-17(2)14-15-27(18(3)4)26-23(13)25-24(29-26)16-28-32(19(5)6,20(7)8)31-33(30-25,21(9)10)22(11)12/h14-15,18-26H,1,16H2,2-13H3. The van der Waals surface area contributed by atoms with E-state index >= 15 is 0 Å². The molecule has 0 aromatic heterocycles. The third kappa shape index (κ3) is 5.70. The van der Waals surface area contributed by atoms with Crippen molar-refractivity contribution in [3.8, 4) is 0 Å². The normalized spacial score (nSPS) is 29.8. The molecule has 0 amide bonds. The van der Waals surface area contributed by atoms with Gasteiger partial charge in [-0.25, -0.2) is 0 Å². The predicted molar refractivity (Wildman–Crippen MR) is 143 cm³/mol. The summed E-state index contributed by atoms with van der Waals surface area (Å²) >= 11 is 0. The van der Waals surface area contributed by atoms with Crippen LogP contribution in [-0.4, -0.2) is 53.1 Å². The van der Waals surface area contributed by atoms with Crippen molar-refractivity contribution in [1.82, 2.24) is 4.90 Å². The molecule has 2 saturated heterocycles. The van der Waals surface area contributed by atoms with Crippen LogP contribution < -0.4 is 0 Å². The fraction of sp³-hybridized carbons (Fsp3) is 0.846. The number of ether oxygens (including phenoxy) is 1. The van der Waals surface area contributed by atoms with Crippen LogP contribution in [0.1, 0.15) is 83.1 Å². The highest BCUT2D eigenvalue weighted by Crippen LogP contribution is 2.48. The zero-order chi connectivity index (χ0) is 25.3. The van der Waals surface area contributed by atoms with E-state index in [1.807, 2.05) is 6.92 Å². The van der Waals surface area contributed by atoms with Crippen molar-refractivity contribution < 1.29 is 17.7 Å². The van der Waals surface area contributed by atoms with Gasteiger partial charge in [-0.15, -0.1) is 0 Å². The molecule has 192 valence electrons. The average molecular weight is 498 g/mol. The van der Waals surface area contributed by atoms with Crippen molar-refractivity contribution in [3.63, 3.8) is 0 Å². The molecule has 2 heterocycles. The Kier molecular flexibility index (Phi) is 9.67. The fourth-order valence-corrected chi connectivity index (χ4v) is 16.7. The van der Waals surface area contributed by atoms with Gasteiger partial charge >= 0.3 is 17.1 Å². The van der Waals surface area contributed by atoms with E-state index in [0.717, 1.165) is 5.57 Å². The molecule has 33 heavy (non-hydrogen) atoms. The lowest BCUT2D eigenvalue weighted by Gasteiger charge is -2.51. The first-order valence-electron chi connectivity index (χ1n) is 13.0. The quantitative estimate of drug-likeness (QED) is 0.264. The molecule has 5 nitrogen and oxygen atoms in total. The molecule has 0 saturated carbocycles. The average Bonchev–Trinajstić information content (AvgIpc) is 2.95. The van der Waals surface area contributed by atoms with Crippen LogP contribution in [-0.2, 0) is 17.7 Å². The number of nitrogens with zero attached hydrogens (tertiary/aromatic N) is 1. The minimum atomic E-state index is -2.63. The molecule has 0 aromatic carbocycles. The number of hydrogen-bond acceptors (Lipinski definition) is 5. The molecule has 4 atom stereocenters. The molecule has 2 rings (SSSR count). The molecule has 0 aliphatic carbocycles. The van der Waals surface area contributed by atoms with Crippen LogP contribution in [0.15, 0.2) is 24.4 Å². The van der Waals surface area contributed by atoms with Gasteiger partial charge in [-0.1, -0.05) is 74.5 Å². The summed E-state index contributed by atoms with van der Waals surface area (Å²) in [6, 6.07) is 0.298. The number of fused-ring (bicyclic) bond motifs is 1. The van der Waals surface area contributed by atoms with Crippen molar-refractivity contribution in [2.24, 2.45) is 5.92 Å². The molecule has 2 aliphatic heterocycles. The molecule has 2 aliphatic rings. The summed E-state index contributed by atoms with van der Waals surface area (Å²) in [7, 11) is -5.18. The maximum atomic E-state index is 7.33. The summed E-state index contributed by atoms with van der Waals surface area (Å²) in [5.74, 6) is 0.191. The second kappa shape index (κ2) is 11.1. The fourth-order valence-electron chi connectivity index (χ4n) is 5.44. The third-order valence-corrected chi connectivity index (χ3v) is 17.7. The van der Waals surface area contributed by atoms with E-state index in [4.69, 9.17) is 17.7 Å². The first-order valence-corrected chi connectivity index (χ1v) is 16.9. The first-order chi connectivity index (χ1) is 15.2. The van der Waals surface area contributed by atoms with Crippen LogP contribution in [0.3, 0.4) is 0 Å². The van der Waals surface area contributed by atoms with Crippen LogP contribution in [0.4, 0.5) is 0 Å². The van der Waals surface area contributed by atoms with E-state index in [9.17, 15) is 0 Å². The van der Waals surface area contributed by atoms with Crippen LogP contribution in [0.5, 0.6) is 0 Å². The highest BCUT2D eigenvalue weighted by atomic mass is 28.5. The van der Waals surface area contributed by atoms with Crippen LogP contribution in [0, 0.1) is 5.92 Å². The minimum absolute atomic E-state index is 0.0442. The Balaban J connectivity index is 2.53. The second-order valence-corrected chi connectivity index (χ2v) is 20.5. The molecule has 4 unspecified atom stereocenters. The van der Waals surface area contributed by atoms with Gasteiger partial charge < -0.3 is 22.6 Å². The summed E-state index contributed by atoms with van der Waals surface area (Å²) < 4.78 is 28.2. The van der Waals surface area contributed by atoms with Crippen molar-refractivity contribution in [3.05, 3.63) is 24.4 Å². The van der Waals surface area contributed by atoms with Gasteiger partial charge in [0, 0.05) is 18.2 Å². The number of hydrogen-bond donors (Lipinski definition) is 0. The van der Waals surface area contributed by atoms with Gasteiger partial charge in [0.2, 0.25) is 0 Å². The molecule has 0 bridgehead atoms. The van der Waals surface area contributed by atoms with E-state index in [2.05, 4.69) is 99.9 Å². The molecule has 7 heteroatoms. The summed E-state index contributed by atoms with van der Waals surface area (Å²) in [6.07, 6.45) is 3.98. The van der Waals surface area contributed by atoms with Crippen LogP contribution in [0.2, 0.25) is 22.2 Å². The summed E-state index contributed by atoms with van der Waals surface area (Å²) in [6.45, 7) is 31.4. The Morgan fingerprint density at radius 1 is 0.909 bits per heavy atom. The van der Waals surface area contributed by atoms with Crippen molar-refractivity contribution in [2.75, 3.05) is 6.61 Å². The SMILES string of the molecule is C=C(C)C=CN(C(C)C)C1OC2CO[Si](C(C)C)(C(C)C)O[Si](C(C)C)(C(C)C)OC2C1C. The third-order valence-electron chi connectivity index (χ3n) is 7.40. The number of rotatable bonds is 8. The van der Waals surface area contributed by atoms with E-state index < -0.39 is 17.1 Å². The Hall–Kier alpha value is -0.446. The maximum Gasteiger partial charge on any atom is 0.335 e. The van der Waals surface area contributed by atoms with E-state index in [1.165, 1.54) is 0 Å². The van der Waals surface area contributed by atoms with Gasteiger partial charge in [0.05, 0.1) is 12.7 Å². The van der Waals surface area contributed by atoms with E-state index in [1.54, 1.807) is 0 Å². The minimum Gasteiger partial charge on any atom is -0.414 e. The molecular weight excluding hydrogens is 446 g/mol. The van der Waals surface area contributed by atoms with Gasteiger partial charge in [0.25, 0.3) is 0 Å². The molecule has 2 fully saturated rings. The highest BCUT2D eigenvalue weighted by Gasteiger charge is 2.61. The summed E-state index contributed by atoms with van der Waals surface area (Å²) in [4.78, 5) is 2.30. The maximum absolute atomic E-state index is 7.33. The van der Waals surface area contributed by atoms with Gasteiger partial charge in [0.1, 0.15) is 12.3 Å². The lowest BCUT2D eigenvalue weighted by molar-refractivity contribution is -0.0805. The summed E-state index contributed by atoms with van der Waals surface area (Å²) in [5.41, 5.74) is 2.34. The molecule has 0 aromatic rings. The Morgan fingerprint density at radius 2 is 1.42 bits per heavy atom. The zero-order valence-corrected chi connectivity index (χ0v) is 25.3. The topological polar surface area (TPSA) is 40.2 Å². The molecule has 0 radical (unpaired) electrons. The van der Waals surface area contributed by atoms with E-state index in [0.29, 0.717) is 34.8 Å². The smallest absolute Gasteiger partial charge is 0.335 e. The Morgan fingerprint density at radius 3 is 1.85 bits per heavy atom. The van der Waals surface area contributed by atoms with Crippen LogP contribution >= 0.6 is 0 Å². The van der Waals surface area contributed by atoms with Gasteiger partial charge in [-0.3, -0.25) is 0 Å². The van der Waals surface area contributed by atoms with Crippen LogP contribution in [0.25, 0.3) is 0 Å².